The Hall–Kier alpha value is -0.630. The van der Waals surface area contributed by atoms with Gasteiger partial charge in [-0.15, -0.1) is 10.2 Å². The van der Waals surface area contributed by atoms with E-state index in [-0.39, 0.29) is 6.04 Å². The molecule has 108 valence electrons. The number of nitrogens with zero attached hydrogens (tertiary/aromatic N) is 3. The van der Waals surface area contributed by atoms with Gasteiger partial charge in [-0.1, -0.05) is 29.2 Å². The maximum atomic E-state index is 5.83. The summed E-state index contributed by atoms with van der Waals surface area (Å²) in [5, 5.41) is 9.25. The Morgan fingerprint density at radius 3 is 2.70 bits per heavy atom. The molecule has 1 unspecified atom stereocenters. The molecule has 1 aromatic carbocycles. The molecule has 2 rings (SSSR count). The second kappa shape index (κ2) is 6.89. The van der Waals surface area contributed by atoms with Gasteiger partial charge in [-0.25, -0.2) is 0 Å². The van der Waals surface area contributed by atoms with Gasteiger partial charge in [-0.2, -0.15) is 0 Å². The summed E-state index contributed by atoms with van der Waals surface area (Å²) in [6, 6.07) is 6.51. The minimum Gasteiger partial charge on any atom is -0.353 e. The quantitative estimate of drug-likeness (QED) is 0.871. The molecule has 1 heterocycles. The third-order valence-electron chi connectivity index (χ3n) is 2.53. The topological polar surface area (TPSA) is 55.0 Å². The van der Waals surface area contributed by atoms with Crippen LogP contribution in [0.3, 0.4) is 0 Å². The largest absolute Gasteiger partial charge is 0.353 e. The molecule has 20 heavy (non-hydrogen) atoms. The van der Waals surface area contributed by atoms with Crippen molar-refractivity contribution in [2.24, 2.45) is 5.73 Å². The normalized spacial score (nSPS) is 12.4. The Morgan fingerprint density at radius 1 is 1.40 bits per heavy atom. The zero-order chi connectivity index (χ0) is 14.7. The number of nitrogens with two attached hydrogens (primary N) is 1. The number of aromatic nitrogens is 2. The van der Waals surface area contributed by atoms with Gasteiger partial charge in [0.1, 0.15) is 0 Å². The van der Waals surface area contributed by atoms with Gasteiger partial charge >= 0.3 is 0 Å². The standard InChI is InChI=1S/C13H17BrN4S2/c1-8(15)6-9-4-5-11(10(14)7-9)19-13-17-16-12(20-13)18(2)3/h4-5,7-8H,6,15H2,1-3H3. The fourth-order valence-corrected chi connectivity index (χ4v) is 4.04. The van der Waals surface area contributed by atoms with Gasteiger partial charge in [0, 0.05) is 29.5 Å². The summed E-state index contributed by atoms with van der Waals surface area (Å²) in [7, 11) is 3.93. The van der Waals surface area contributed by atoms with Gasteiger partial charge in [0.2, 0.25) is 5.13 Å². The van der Waals surface area contributed by atoms with E-state index in [1.54, 1.807) is 23.1 Å². The number of anilines is 1. The van der Waals surface area contributed by atoms with Crippen LogP contribution in [0.1, 0.15) is 12.5 Å². The van der Waals surface area contributed by atoms with Crippen LogP contribution in [0.4, 0.5) is 5.13 Å². The van der Waals surface area contributed by atoms with E-state index >= 15 is 0 Å². The Balaban J connectivity index is 2.12. The predicted octanol–water partition coefficient (Wildman–Crippen LogP) is 3.41. The van der Waals surface area contributed by atoms with Gasteiger partial charge in [0.25, 0.3) is 0 Å². The number of benzene rings is 1. The molecule has 0 aliphatic carbocycles. The minimum absolute atomic E-state index is 0.172. The molecule has 0 spiro atoms. The highest BCUT2D eigenvalue weighted by Gasteiger charge is 2.10. The van der Waals surface area contributed by atoms with Gasteiger partial charge in [-0.05, 0) is 47.0 Å². The molecule has 0 aliphatic rings. The summed E-state index contributed by atoms with van der Waals surface area (Å²) in [6.45, 7) is 2.01. The van der Waals surface area contributed by atoms with E-state index in [1.165, 1.54) is 5.56 Å². The van der Waals surface area contributed by atoms with Crippen LogP contribution in [0.5, 0.6) is 0 Å². The zero-order valence-corrected chi connectivity index (χ0v) is 14.8. The van der Waals surface area contributed by atoms with Crippen LogP contribution < -0.4 is 10.6 Å². The molecule has 0 bridgehead atoms. The fraction of sp³-hybridized carbons (Fsp3) is 0.385. The third kappa shape index (κ3) is 4.18. The van der Waals surface area contributed by atoms with E-state index < -0.39 is 0 Å². The maximum Gasteiger partial charge on any atom is 0.208 e. The number of hydrogen-bond acceptors (Lipinski definition) is 6. The summed E-state index contributed by atoms with van der Waals surface area (Å²) in [6.07, 6.45) is 0.882. The first-order valence-corrected chi connectivity index (χ1v) is 8.61. The van der Waals surface area contributed by atoms with Crippen molar-refractivity contribution >= 4 is 44.2 Å². The number of rotatable bonds is 5. The molecule has 0 radical (unpaired) electrons. The molecule has 1 aromatic heterocycles. The van der Waals surface area contributed by atoms with Gasteiger partial charge in [0.05, 0.1) is 0 Å². The molecule has 4 nitrogen and oxygen atoms in total. The summed E-state index contributed by atoms with van der Waals surface area (Å²) in [5.74, 6) is 0. The van der Waals surface area contributed by atoms with E-state index in [2.05, 4.69) is 44.3 Å². The van der Waals surface area contributed by atoms with Crippen molar-refractivity contribution < 1.29 is 0 Å². The van der Waals surface area contributed by atoms with Gasteiger partial charge in [-0.3, -0.25) is 0 Å². The molecule has 0 aliphatic heterocycles. The Bertz CT molecular complexity index is 584. The van der Waals surface area contributed by atoms with E-state index in [4.69, 9.17) is 5.73 Å². The van der Waals surface area contributed by atoms with Crippen molar-refractivity contribution in [2.75, 3.05) is 19.0 Å². The van der Waals surface area contributed by atoms with Crippen LogP contribution in [0.25, 0.3) is 0 Å². The van der Waals surface area contributed by atoms with Crippen molar-refractivity contribution in [3.05, 3.63) is 28.2 Å². The monoisotopic (exact) mass is 372 g/mol. The van der Waals surface area contributed by atoms with Crippen molar-refractivity contribution in [2.45, 2.75) is 28.6 Å². The fourth-order valence-electron chi connectivity index (χ4n) is 1.64. The lowest BCUT2D eigenvalue weighted by Crippen LogP contribution is -2.17. The summed E-state index contributed by atoms with van der Waals surface area (Å²) in [4.78, 5) is 3.10. The third-order valence-corrected chi connectivity index (χ3v) is 5.67. The molecule has 0 amide bonds. The number of hydrogen-bond donors (Lipinski definition) is 1. The molecule has 7 heteroatoms. The predicted molar refractivity (Wildman–Crippen MR) is 89.9 cm³/mol. The Morgan fingerprint density at radius 2 is 2.15 bits per heavy atom. The molecular weight excluding hydrogens is 356 g/mol. The SMILES string of the molecule is CC(N)Cc1ccc(Sc2nnc(N(C)C)s2)c(Br)c1. The van der Waals surface area contributed by atoms with Crippen LogP contribution in [0, 0.1) is 0 Å². The van der Waals surface area contributed by atoms with Crippen molar-refractivity contribution in [1.29, 1.82) is 0 Å². The maximum absolute atomic E-state index is 5.83. The summed E-state index contributed by atoms with van der Waals surface area (Å²) < 4.78 is 2.01. The molecule has 0 saturated heterocycles. The van der Waals surface area contributed by atoms with Crippen LogP contribution >= 0.6 is 39.0 Å². The van der Waals surface area contributed by atoms with E-state index in [1.807, 2.05) is 25.9 Å². The van der Waals surface area contributed by atoms with Crippen LogP contribution in [0.15, 0.2) is 31.9 Å². The van der Waals surface area contributed by atoms with Gasteiger partial charge in [0.15, 0.2) is 4.34 Å². The molecule has 0 saturated carbocycles. The minimum atomic E-state index is 0.172. The van der Waals surface area contributed by atoms with E-state index in [0.29, 0.717) is 0 Å². The zero-order valence-electron chi connectivity index (χ0n) is 11.6. The lowest BCUT2D eigenvalue weighted by molar-refractivity contribution is 0.737. The van der Waals surface area contributed by atoms with Gasteiger partial charge < -0.3 is 10.6 Å². The highest BCUT2D eigenvalue weighted by molar-refractivity contribution is 9.10. The lowest BCUT2D eigenvalue weighted by Gasteiger charge is -2.08. The molecular formula is C13H17BrN4S2. The first-order valence-electron chi connectivity index (χ1n) is 6.18. The highest BCUT2D eigenvalue weighted by atomic mass is 79.9. The molecule has 2 N–H and O–H groups in total. The number of halogens is 1. The highest BCUT2D eigenvalue weighted by Crippen LogP contribution is 2.37. The lowest BCUT2D eigenvalue weighted by atomic mass is 10.1. The van der Waals surface area contributed by atoms with Crippen LogP contribution in [-0.4, -0.2) is 30.3 Å². The van der Waals surface area contributed by atoms with Crippen molar-refractivity contribution in [3.8, 4) is 0 Å². The second-order valence-corrected chi connectivity index (χ2v) is 7.89. The Labute approximate surface area is 135 Å². The first kappa shape index (κ1) is 15.8. The molecule has 1 atom stereocenters. The van der Waals surface area contributed by atoms with E-state index in [9.17, 15) is 0 Å². The molecule has 0 fully saturated rings. The first-order chi connectivity index (χ1) is 9.45. The average molecular weight is 373 g/mol. The van der Waals surface area contributed by atoms with Crippen molar-refractivity contribution in [1.82, 2.24) is 10.2 Å². The van der Waals surface area contributed by atoms with Crippen LogP contribution in [-0.2, 0) is 6.42 Å². The Kier molecular flexibility index (Phi) is 5.42. The van der Waals surface area contributed by atoms with Crippen LogP contribution in [0.2, 0.25) is 0 Å². The summed E-state index contributed by atoms with van der Waals surface area (Å²) >= 11 is 6.82. The smallest absolute Gasteiger partial charge is 0.208 e. The van der Waals surface area contributed by atoms with Crippen molar-refractivity contribution in [3.63, 3.8) is 0 Å². The molecule has 2 aromatic rings. The summed E-state index contributed by atoms with van der Waals surface area (Å²) in [5.41, 5.74) is 7.06. The average Bonchev–Trinajstić information content (AvgIpc) is 2.80. The second-order valence-electron chi connectivity index (χ2n) is 4.79. The van der Waals surface area contributed by atoms with E-state index in [0.717, 1.165) is 25.3 Å².